The summed E-state index contributed by atoms with van der Waals surface area (Å²) in [6.45, 7) is 6.86. The van der Waals surface area contributed by atoms with Crippen LogP contribution in [-0.2, 0) is 18.9 Å². The zero-order valence-corrected chi connectivity index (χ0v) is 16.9. The van der Waals surface area contributed by atoms with Crippen LogP contribution < -0.4 is 0 Å². The maximum Gasteiger partial charge on any atom is 0.454 e. The van der Waals surface area contributed by atoms with Crippen LogP contribution in [0.4, 0.5) is 0 Å². The molecular formula is C22H31BO4. The van der Waals surface area contributed by atoms with Crippen LogP contribution in [0, 0.1) is 28.6 Å². The van der Waals surface area contributed by atoms with Crippen molar-refractivity contribution >= 4 is 18.7 Å². The van der Waals surface area contributed by atoms with Crippen molar-refractivity contribution in [3.63, 3.8) is 0 Å². The van der Waals surface area contributed by atoms with Crippen LogP contribution in [0.3, 0.4) is 0 Å². The molecule has 1 spiro atoms. The first-order chi connectivity index (χ1) is 12.8. The highest BCUT2D eigenvalue weighted by Crippen LogP contribution is 2.68. The Bertz CT molecular complexity index is 732. The van der Waals surface area contributed by atoms with Crippen molar-refractivity contribution in [3.05, 3.63) is 11.6 Å². The zero-order chi connectivity index (χ0) is 19.0. The topological polar surface area (TPSA) is 52.6 Å². The number of carbonyl (C=O) groups is 2. The van der Waals surface area contributed by atoms with Gasteiger partial charge in [-0.3, -0.25) is 9.59 Å². The van der Waals surface area contributed by atoms with E-state index in [1.807, 2.05) is 12.9 Å². The monoisotopic (exact) mass is 370 g/mol. The number of hydrogen-bond acceptors (Lipinski definition) is 4. The average molecular weight is 370 g/mol. The number of carbonyl (C=O) groups excluding carboxylic acids is 2. The molecule has 27 heavy (non-hydrogen) atoms. The van der Waals surface area contributed by atoms with Crippen LogP contribution in [0.1, 0.15) is 65.2 Å². The molecule has 5 heteroatoms. The normalized spacial score (nSPS) is 49.5. The van der Waals surface area contributed by atoms with Gasteiger partial charge in [0.25, 0.3) is 0 Å². The van der Waals surface area contributed by atoms with Gasteiger partial charge in [-0.1, -0.05) is 19.4 Å². The van der Waals surface area contributed by atoms with Gasteiger partial charge in [0.05, 0.1) is 6.61 Å². The van der Waals surface area contributed by atoms with E-state index in [0.717, 1.165) is 44.9 Å². The molecule has 0 aromatic carbocycles. The van der Waals surface area contributed by atoms with Crippen molar-refractivity contribution < 1.29 is 18.9 Å². The summed E-state index contributed by atoms with van der Waals surface area (Å²) in [5.74, 6) is 2.31. The van der Waals surface area contributed by atoms with Gasteiger partial charge in [0.1, 0.15) is 5.60 Å². The molecule has 1 aliphatic heterocycles. The highest BCUT2D eigenvalue weighted by molar-refractivity contribution is 6.44. The van der Waals surface area contributed by atoms with E-state index >= 15 is 0 Å². The molecule has 0 amide bonds. The number of fused-ring (bicyclic) bond motifs is 6. The molecule has 6 atom stereocenters. The van der Waals surface area contributed by atoms with Crippen LogP contribution >= 0.6 is 0 Å². The van der Waals surface area contributed by atoms with Gasteiger partial charge in [-0.05, 0) is 81.0 Å². The second-order valence-corrected chi connectivity index (χ2v) is 10.2. The molecule has 0 radical (unpaired) electrons. The standard InChI is InChI=1S/C22H31BO4/c1-20-9-6-15(24)12-14(20)4-5-16-17(20)7-10-21(2)18(16)8-11-22(21)19(25)13-26-23(3)27-22/h12,16-18H,4-11,13H2,1-3H3. The van der Waals surface area contributed by atoms with Gasteiger partial charge >= 0.3 is 7.12 Å². The summed E-state index contributed by atoms with van der Waals surface area (Å²) in [5, 5.41) is 0. The minimum absolute atomic E-state index is 0.0780. The quantitative estimate of drug-likeness (QED) is 0.605. The van der Waals surface area contributed by atoms with Crippen molar-refractivity contribution in [1.29, 1.82) is 0 Å². The zero-order valence-electron chi connectivity index (χ0n) is 16.9. The van der Waals surface area contributed by atoms with Gasteiger partial charge in [-0.15, -0.1) is 0 Å². The maximum atomic E-state index is 13.0. The lowest BCUT2D eigenvalue weighted by molar-refractivity contribution is -0.169. The smallest absolute Gasteiger partial charge is 0.404 e. The molecule has 0 aromatic heterocycles. The van der Waals surface area contributed by atoms with E-state index in [0.29, 0.717) is 30.0 Å². The average Bonchev–Trinajstić information content (AvgIpc) is 2.92. The van der Waals surface area contributed by atoms with Crippen LogP contribution in [0.5, 0.6) is 0 Å². The largest absolute Gasteiger partial charge is 0.454 e. The summed E-state index contributed by atoms with van der Waals surface area (Å²) in [7, 11) is -0.293. The Balaban J connectivity index is 1.50. The second-order valence-electron chi connectivity index (χ2n) is 10.2. The van der Waals surface area contributed by atoms with Gasteiger partial charge in [0, 0.05) is 11.8 Å². The molecule has 146 valence electrons. The van der Waals surface area contributed by atoms with E-state index in [-0.39, 0.29) is 30.3 Å². The Hall–Kier alpha value is -0.935. The molecule has 5 aliphatic rings. The molecule has 0 bridgehead atoms. The molecule has 0 aromatic rings. The van der Waals surface area contributed by atoms with Crippen LogP contribution in [0.15, 0.2) is 11.6 Å². The van der Waals surface area contributed by atoms with Crippen molar-refractivity contribution in [2.75, 3.05) is 6.61 Å². The molecule has 4 nitrogen and oxygen atoms in total. The molecule has 4 fully saturated rings. The SMILES string of the molecule is CB1OCC(=O)C2(CCC3C4CCC5=CC(=O)CCC5(C)C4CCC32C)O1. The third kappa shape index (κ3) is 2.25. The van der Waals surface area contributed by atoms with Crippen LogP contribution in [-0.4, -0.2) is 30.9 Å². The van der Waals surface area contributed by atoms with E-state index in [1.54, 1.807) is 0 Å². The summed E-state index contributed by atoms with van der Waals surface area (Å²) in [4.78, 5) is 25.0. The lowest BCUT2D eigenvalue weighted by Gasteiger charge is -2.60. The Kier molecular flexibility index (Phi) is 3.89. The van der Waals surface area contributed by atoms with E-state index in [1.165, 1.54) is 5.57 Å². The van der Waals surface area contributed by atoms with Crippen LogP contribution in [0.2, 0.25) is 6.82 Å². The molecule has 0 N–H and O–H groups in total. The third-order valence-corrected chi connectivity index (χ3v) is 9.35. The molecule has 5 rings (SSSR count). The van der Waals surface area contributed by atoms with Crippen molar-refractivity contribution in [1.82, 2.24) is 0 Å². The molecule has 6 unspecified atom stereocenters. The van der Waals surface area contributed by atoms with Gasteiger partial charge < -0.3 is 9.31 Å². The van der Waals surface area contributed by atoms with Crippen molar-refractivity contribution in [2.24, 2.45) is 28.6 Å². The minimum atomic E-state index is -0.639. The van der Waals surface area contributed by atoms with Crippen molar-refractivity contribution in [2.45, 2.75) is 77.6 Å². The van der Waals surface area contributed by atoms with Crippen LogP contribution in [0.25, 0.3) is 0 Å². The first kappa shape index (κ1) is 18.1. The van der Waals surface area contributed by atoms with Gasteiger partial charge in [0.15, 0.2) is 11.6 Å². The Labute approximate surface area is 162 Å². The van der Waals surface area contributed by atoms with Gasteiger partial charge in [0.2, 0.25) is 0 Å². The lowest BCUT2D eigenvalue weighted by atomic mass is 9.46. The molecule has 1 heterocycles. The van der Waals surface area contributed by atoms with E-state index in [4.69, 9.17) is 9.31 Å². The molecule has 1 saturated heterocycles. The molecule has 3 saturated carbocycles. The second kappa shape index (κ2) is 5.79. The number of Topliss-reactive ketones (excluding diaryl/α,β-unsaturated/α-hetero) is 1. The van der Waals surface area contributed by atoms with E-state index in [9.17, 15) is 9.59 Å². The number of ketones is 2. The molecule has 4 aliphatic carbocycles. The summed E-state index contributed by atoms with van der Waals surface area (Å²) in [5.41, 5.74) is 0.871. The van der Waals surface area contributed by atoms with Gasteiger partial charge in [-0.2, -0.15) is 0 Å². The fraction of sp³-hybridized carbons (Fsp3) is 0.818. The van der Waals surface area contributed by atoms with Crippen molar-refractivity contribution in [3.8, 4) is 0 Å². The Morgan fingerprint density at radius 2 is 1.81 bits per heavy atom. The highest BCUT2D eigenvalue weighted by Gasteiger charge is 2.68. The lowest BCUT2D eigenvalue weighted by Crippen LogP contribution is -2.63. The third-order valence-electron chi connectivity index (χ3n) is 9.35. The first-order valence-electron chi connectivity index (χ1n) is 10.9. The number of rotatable bonds is 0. The highest BCUT2D eigenvalue weighted by atomic mass is 16.6. The fourth-order valence-corrected chi connectivity index (χ4v) is 7.90. The Morgan fingerprint density at radius 3 is 2.63 bits per heavy atom. The number of hydrogen-bond donors (Lipinski definition) is 0. The van der Waals surface area contributed by atoms with E-state index in [2.05, 4.69) is 13.8 Å². The predicted octanol–water partition coefficient (Wildman–Crippen LogP) is 3.99. The maximum absolute atomic E-state index is 13.0. The predicted molar refractivity (Wildman–Crippen MR) is 103 cm³/mol. The Morgan fingerprint density at radius 1 is 1.04 bits per heavy atom. The fourth-order valence-electron chi connectivity index (χ4n) is 7.90. The summed E-state index contributed by atoms with van der Waals surface area (Å²) >= 11 is 0. The number of allylic oxidation sites excluding steroid dienone is 1. The first-order valence-corrected chi connectivity index (χ1v) is 10.9. The summed E-state index contributed by atoms with van der Waals surface area (Å²) in [6.07, 6.45) is 10.0. The minimum Gasteiger partial charge on any atom is -0.404 e. The van der Waals surface area contributed by atoms with E-state index < -0.39 is 5.60 Å². The summed E-state index contributed by atoms with van der Waals surface area (Å²) in [6, 6.07) is 0. The summed E-state index contributed by atoms with van der Waals surface area (Å²) < 4.78 is 11.8. The van der Waals surface area contributed by atoms with Gasteiger partial charge in [-0.25, -0.2) is 0 Å². The molecular weight excluding hydrogens is 339 g/mol.